The molecule has 4 heteroatoms. The van der Waals surface area contributed by atoms with Crippen LogP contribution in [0.25, 0.3) is 0 Å². The second-order valence-corrected chi connectivity index (χ2v) is 10.6. The molecule has 3 saturated carbocycles. The van der Waals surface area contributed by atoms with Gasteiger partial charge in [-0.2, -0.15) is 0 Å². The molecule has 5 rings (SSSR count). The normalized spacial score (nSPS) is 45.2. The van der Waals surface area contributed by atoms with Crippen LogP contribution in [0.5, 0.6) is 0 Å². The summed E-state index contributed by atoms with van der Waals surface area (Å²) in [7, 11) is 0. The van der Waals surface area contributed by atoms with Gasteiger partial charge in [0.2, 0.25) is 0 Å². The van der Waals surface area contributed by atoms with Crippen molar-refractivity contribution in [2.24, 2.45) is 33.7 Å². The van der Waals surface area contributed by atoms with Crippen molar-refractivity contribution in [3.05, 3.63) is 11.6 Å². The number of piperidine rings is 1. The summed E-state index contributed by atoms with van der Waals surface area (Å²) >= 11 is 0. The SMILES string of the molecule is C[C@]12CC/C(=N/OC3CCNCC3)C=C1CCC1C2CC[C@]2(C)C(=O)CCC12. The second-order valence-electron chi connectivity index (χ2n) is 10.6. The molecule has 1 heterocycles. The number of oxime groups is 1. The van der Waals surface area contributed by atoms with E-state index in [2.05, 4.69) is 30.4 Å². The van der Waals surface area contributed by atoms with E-state index >= 15 is 0 Å². The topological polar surface area (TPSA) is 50.7 Å². The van der Waals surface area contributed by atoms with Crippen LogP contribution in [0.1, 0.15) is 78.1 Å². The van der Waals surface area contributed by atoms with Crippen molar-refractivity contribution in [3.63, 3.8) is 0 Å². The number of ketones is 1. The van der Waals surface area contributed by atoms with E-state index in [0.717, 1.165) is 69.2 Å². The molecule has 4 nitrogen and oxygen atoms in total. The number of fused-ring (bicyclic) bond motifs is 5. The number of rotatable bonds is 2. The van der Waals surface area contributed by atoms with Gasteiger partial charge >= 0.3 is 0 Å². The maximum absolute atomic E-state index is 12.6. The summed E-state index contributed by atoms with van der Waals surface area (Å²) in [5, 5.41) is 7.96. The van der Waals surface area contributed by atoms with Crippen molar-refractivity contribution in [2.45, 2.75) is 84.2 Å². The smallest absolute Gasteiger partial charge is 0.139 e. The molecule has 1 N–H and O–H groups in total. The Bertz CT molecular complexity index is 707. The highest BCUT2D eigenvalue weighted by atomic mass is 16.6. The molecular weight excluding hydrogens is 348 g/mol. The van der Waals surface area contributed by atoms with E-state index in [1.807, 2.05) is 0 Å². The van der Waals surface area contributed by atoms with Crippen molar-refractivity contribution >= 4 is 11.5 Å². The minimum absolute atomic E-state index is 0.0112. The molecule has 0 aromatic heterocycles. The number of allylic oxidation sites excluding steroid dienone is 2. The first kappa shape index (κ1) is 18.8. The van der Waals surface area contributed by atoms with Crippen LogP contribution in [0.15, 0.2) is 16.8 Å². The summed E-state index contributed by atoms with van der Waals surface area (Å²) in [6, 6.07) is 0. The van der Waals surface area contributed by atoms with Crippen LogP contribution in [0.2, 0.25) is 0 Å². The molecule has 5 atom stereocenters. The van der Waals surface area contributed by atoms with Crippen LogP contribution in [0.4, 0.5) is 0 Å². The molecule has 0 aromatic rings. The third kappa shape index (κ3) is 2.89. The van der Waals surface area contributed by atoms with Crippen molar-refractivity contribution < 1.29 is 9.63 Å². The van der Waals surface area contributed by atoms with Gasteiger partial charge in [0.05, 0.1) is 5.71 Å². The molecule has 3 unspecified atom stereocenters. The Hall–Kier alpha value is -1.16. The Morgan fingerprint density at radius 1 is 0.964 bits per heavy atom. The molecule has 1 aliphatic heterocycles. The number of nitrogens with zero attached hydrogens (tertiary/aromatic N) is 1. The maximum atomic E-state index is 12.6. The zero-order valence-corrected chi connectivity index (χ0v) is 17.6. The molecule has 1 saturated heterocycles. The predicted molar refractivity (Wildman–Crippen MR) is 111 cm³/mol. The fourth-order valence-electron chi connectivity index (χ4n) is 7.46. The maximum Gasteiger partial charge on any atom is 0.139 e. The summed E-state index contributed by atoms with van der Waals surface area (Å²) in [6.45, 7) is 6.88. The van der Waals surface area contributed by atoms with E-state index in [4.69, 9.17) is 4.84 Å². The minimum Gasteiger partial charge on any atom is -0.392 e. The number of hydrogen-bond donors (Lipinski definition) is 1. The molecule has 0 bridgehead atoms. The van der Waals surface area contributed by atoms with E-state index in [1.165, 1.54) is 25.7 Å². The summed E-state index contributed by atoms with van der Waals surface area (Å²) in [4.78, 5) is 18.5. The Morgan fingerprint density at radius 3 is 2.57 bits per heavy atom. The average Bonchev–Trinajstić information content (AvgIpc) is 3.02. The van der Waals surface area contributed by atoms with Gasteiger partial charge in [0, 0.05) is 11.8 Å². The number of hydrogen-bond acceptors (Lipinski definition) is 4. The van der Waals surface area contributed by atoms with Crippen molar-refractivity contribution in [1.82, 2.24) is 5.32 Å². The molecule has 4 fully saturated rings. The van der Waals surface area contributed by atoms with Gasteiger partial charge in [0.25, 0.3) is 0 Å². The van der Waals surface area contributed by atoms with Gasteiger partial charge < -0.3 is 10.2 Å². The van der Waals surface area contributed by atoms with E-state index in [1.54, 1.807) is 5.57 Å². The standard InChI is InChI=1S/C24H36N2O2/c1-23-11-7-17(26-28-18-9-13-25-14-10-18)15-16(23)3-4-19-20-5-6-22(27)24(20,2)12-8-21(19)23/h15,18-21,25H,3-14H2,1-2H3/b26-17-/t19?,20?,21?,23-,24-/m0/s1. The molecule has 0 amide bonds. The molecule has 154 valence electrons. The molecule has 5 aliphatic rings. The van der Waals surface area contributed by atoms with Gasteiger partial charge in [-0.1, -0.05) is 24.6 Å². The number of carbonyl (C=O) groups is 1. The monoisotopic (exact) mass is 384 g/mol. The van der Waals surface area contributed by atoms with Crippen molar-refractivity contribution in [3.8, 4) is 0 Å². The van der Waals surface area contributed by atoms with Crippen LogP contribution >= 0.6 is 0 Å². The molecule has 28 heavy (non-hydrogen) atoms. The van der Waals surface area contributed by atoms with Crippen molar-refractivity contribution in [1.29, 1.82) is 0 Å². The fraction of sp³-hybridized carbons (Fsp3) is 0.833. The summed E-state index contributed by atoms with van der Waals surface area (Å²) in [5.74, 6) is 2.69. The van der Waals surface area contributed by atoms with Crippen LogP contribution in [0, 0.1) is 28.6 Å². The van der Waals surface area contributed by atoms with Gasteiger partial charge in [-0.15, -0.1) is 0 Å². The molecular formula is C24H36N2O2. The van der Waals surface area contributed by atoms with Crippen molar-refractivity contribution in [2.75, 3.05) is 13.1 Å². The van der Waals surface area contributed by atoms with E-state index in [-0.39, 0.29) is 11.5 Å². The Balaban J connectivity index is 1.33. The third-order valence-electron chi connectivity index (χ3n) is 9.29. The Labute approximate surface area is 169 Å². The zero-order chi connectivity index (χ0) is 19.4. The van der Waals surface area contributed by atoms with Crippen LogP contribution < -0.4 is 5.32 Å². The lowest BCUT2D eigenvalue weighted by Crippen LogP contribution is -2.50. The minimum atomic E-state index is -0.0112. The first-order valence-electron chi connectivity index (χ1n) is 11.7. The number of carbonyl (C=O) groups excluding carboxylic acids is 1. The van der Waals surface area contributed by atoms with Gasteiger partial charge in [0.1, 0.15) is 11.9 Å². The van der Waals surface area contributed by atoms with Gasteiger partial charge in [-0.05, 0) is 100 Å². The highest BCUT2D eigenvalue weighted by molar-refractivity contribution is 5.96. The number of Topliss-reactive ketones (excluding diaryl/α,β-unsaturated/α-hetero) is 1. The first-order valence-corrected chi connectivity index (χ1v) is 11.7. The lowest BCUT2D eigenvalue weighted by atomic mass is 9.47. The lowest BCUT2D eigenvalue weighted by Gasteiger charge is -2.57. The van der Waals surface area contributed by atoms with Crippen LogP contribution in [-0.2, 0) is 9.63 Å². The molecule has 0 radical (unpaired) electrons. The Morgan fingerprint density at radius 2 is 1.75 bits per heavy atom. The second kappa shape index (κ2) is 6.97. The van der Waals surface area contributed by atoms with Gasteiger partial charge in [0.15, 0.2) is 0 Å². The summed E-state index contributed by atoms with van der Waals surface area (Å²) in [5.41, 5.74) is 3.06. The third-order valence-corrected chi connectivity index (χ3v) is 9.29. The van der Waals surface area contributed by atoms with Crippen LogP contribution in [-0.4, -0.2) is 30.7 Å². The van der Waals surface area contributed by atoms with E-state index in [9.17, 15) is 4.79 Å². The predicted octanol–water partition coefficient (Wildman–Crippen LogP) is 4.64. The van der Waals surface area contributed by atoms with Gasteiger partial charge in [-0.3, -0.25) is 4.79 Å². The highest BCUT2D eigenvalue weighted by Gasteiger charge is 2.58. The fourth-order valence-corrected chi connectivity index (χ4v) is 7.46. The molecule has 0 spiro atoms. The summed E-state index contributed by atoms with van der Waals surface area (Å²) < 4.78 is 0. The molecule has 0 aromatic carbocycles. The van der Waals surface area contributed by atoms with Gasteiger partial charge in [-0.25, -0.2) is 0 Å². The Kier molecular flexibility index (Phi) is 4.69. The molecule has 4 aliphatic carbocycles. The first-order chi connectivity index (χ1) is 13.5. The zero-order valence-electron chi connectivity index (χ0n) is 17.6. The number of nitrogens with one attached hydrogen (secondary N) is 1. The van der Waals surface area contributed by atoms with Crippen LogP contribution in [0.3, 0.4) is 0 Å². The van der Waals surface area contributed by atoms with E-state index < -0.39 is 0 Å². The quantitative estimate of drug-likeness (QED) is 0.706. The summed E-state index contributed by atoms with van der Waals surface area (Å²) in [6.07, 6.45) is 13.8. The largest absolute Gasteiger partial charge is 0.392 e. The lowest BCUT2D eigenvalue weighted by molar-refractivity contribution is -0.132. The van der Waals surface area contributed by atoms with E-state index in [0.29, 0.717) is 17.1 Å². The highest BCUT2D eigenvalue weighted by Crippen LogP contribution is 2.64. The average molecular weight is 385 g/mol.